The molecule has 140 heavy (non-hydrogen) atoms. The largest absolute Gasteiger partial charge is 0.481 e. The highest BCUT2D eigenvalue weighted by Crippen LogP contribution is 2.55. The highest BCUT2D eigenvalue weighted by atomic mass is 19.4. The zero-order valence-corrected chi connectivity index (χ0v) is 67.9. The van der Waals surface area contributed by atoms with Gasteiger partial charge in [-0.1, -0.05) is 102 Å². The SMILES string of the molecule is C=Cc1c(F)c(F)c(OCC(F)(F)CC(F)(F)C(F)(F)OC(F)(F)C(F)(F)OC(F)(F)COc2c(F)c(F)c(-c3c(F)c(F)c(OC4C=CC(C(C)(C)c5cccc(C(C)(C)c6ccc(Oc7c(F)c(F)c(-c8c(F)c(F)c(OCC(F)(F)OC(F)(F)C(F)(F)OC(F)(F)C(F)(F)OC(F)(F)COc9c(F)c(F)c(C=C)c(F)c9F)c(F)c8F)c(F)c7F)cc6)c5)=CC4)c(F)c3F)c(F)c2F)c(F)c1F. The molecule has 0 amide bonds. The summed E-state index contributed by atoms with van der Waals surface area (Å²) >= 11 is 0. The van der Waals surface area contributed by atoms with Crippen molar-refractivity contribution >= 4 is 12.2 Å². The molecule has 8 aromatic rings. The maximum absolute atomic E-state index is 15.8. The summed E-state index contributed by atoms with van der Waals surface area (Å²) < 4.78 is 740. The Labute approximate surface area is 745 Å². The summed E-state index contributed by atoms with van der Waals surface area (Å²) in [5.74, 6) is -99.4. The fraction of sp³-hybridized carbons (Fsp3) is 0.309. The van der Waals surface area contributed by atoms with Gasteiger partial charge >= 0.3 is 67.0 Å². The van der Waals surface area contributed by atoms with Gasteiger partial charge in [0.15, 0.2) is 125 Å². The maximum atomic E-state index is 15.8. The van der Waals surface area contributed by atoms with Gasteiger partial charge in [-0.05, 0) is 40.5 Å². The lowest BCUT2D eigenvalue weighted by Crippen LogP contribution is -2.58. The van der Waals surface area contributed by atoms with Crippen molar-refractivity contribution in [1.82, 2.24) is 0 Å². The lowest BCUT2D eigenvalue weighted by atomic mass is 9.72. The smallest absolute Gasteiger partial charge is 0.453 e. The van der Waals surface area contributed by atoms with Crippen molar-refractivity contribution in [2.45, 2.75) is 130 Å². The molecule has 0 aliphatic heterocycles. The minimum absolute atomic E-state index is 0.0841. The standard InChI is InChI=1S/C81H42F48O11/c1-7-32-38(82)50(94)62(51(95)39(32)83)130-22-70(106,107)21-71(108,109)75(116,117)139-79(124,125)76(118,119)136-73(112,113)24-132-64-54(98)42(86)34(43(87)55(64)99)36-46(90)58(102)66(59(103)47(36)91)134-30-16-12-26(13-17-30)68(3,4)28-10-9-11-29(20-28)69(5,6)27-14-18-31(19-15-27)135-67-60(104)48(92)37(49(93)61(67)105)35-44(88)56(100)65(57(101)45(35)89)133-25-74(114,115)138-78(122,123)81(128,129)140-80(126,127)77(120,121)137-72(110,111)23-131-63-52(96)40(84)33(8-2)41(85)53(63)97/h7-16,18-20,30H,1-2,17,21-25H2,3-6H3. The first-order valence-corrected chi connectivity index (χ1v) is 36.7. The molecule has 9 rings (SSSR count). The normalized spacial score (nSPS) is 14.4. The van der Waals surface area contributed by atoms with E-state index < -0.39 is 342 Å². The Morgan fingerprint density at radius 2 is 0.571 bits per heavy atom. The topological polar surface area (TPSA) is 102 Å². The number of allylic oxidation sites excluding steroid dienone is 2. The Morgan fingerprint density at radius 3 is 0.871 bits per heavy atom. The van der Waals surface area contributed by atoms with E-state index in [0.717, 1.165) is 30.3 Å². The van der Waals surface area contributed by atoms with Gasteiger partial charge in [0.25, 0.3) is 5.92 Å². The van der Waals surface area contributed by atoms with Gasteiger partial charge in [0.05, 0.1) is 39.8 Å². The van der Waals surface area contributed by atoms with Gasteiger partial charge in [0.2, 0.25) is 75.6 Å². The van der Waals surface area contributed by atoms with Crippen LogP contribution in [0.15, 0.2) is 85.5 Å². The van der Waals surface area contributed by atoms with Crippen LogP contribution in [0.4, 0.5) is 211 Å². The molecule has 8 aromatic carbocycles. The Hall–Kier alpha value is -12.0. The number of hydrogen-bond acceptors (Lipinski definition) is 11. The quantitative estimate of drug-likeness (QED) is 0.0271. The van der Waals surface area contributed by atoms with Gasteiger partial charge in [-0.25, -0.2) is 85.2 Å². The molecule has 0 saturated heterocycles. The van der Waals surface area contributed by atoms with Gasteiger partial charge in [-0.3, -0.25) is 0 Å². The summed E-state index contributed by atoms with van der Waals surface area (Å²) in [5.41, 5.74) is -15.7. The lowest BCUT2D eigenvalue weighted by molar-refractivity contribution is -0.557. The predicted octanol–water partition coefficient (Wildman–Crippen LogP) is 28.0. The third-order valence-electron chi connectivity index (χ3n) is 19.3. The lowest BCUT2D eigenvalue weighted by Gasteiger charge is -2.34. The Balaban J connectivity index is 0.820. The first kappa shape index (κ1) is 112. The van der Waals surface area contributed by atoms with Crippen molar-refractivity contribution in [3.8, 4) is 62.5 Å². The fourth-order valence-electron chi connectivity index (χ4n) is 12.2. The van der Waals surface area contributed by atoms with E-state index in [4.69, 9.17) is 9.47 Å². The van der Waals surface area contributed by atoms with Gasteiger partial charge < -0.3 is 28.4 Å². The zero-order valence-electron chi connectivity index (χ0n) is 67.9. The summed E-state index contributed by atoms with van der Waals surface area (Å²) in [7, 11) is 0. The summed E-state index contributed by atoms with van der Waals surface area (Å²) in [6, 6.07) is 9.97. The number of rotatable bonds is 40. The molecule has 1 atom stereocenters. The molecule has 0 spiro atoms. The van der Waals surface area contributed by atoms with E-state index in [9.17, 15) is 140 Å². The van der Waals surface area contributed by atoms with Crippen LogP contribution in [0.1, 0.15) is 68.4 Å². The van der Waals surface area contributed by atoms with Crippen LogP contribution in [0.5, 0.6) is 40.2 Å². The van der Waals surface area contributed by atoms with Crippen molar-refractivity contribution in [2.24, 2.45) is 0 Å². The van der Waals surface area contributed by atoms with Gasteiger partial charge in [-0.15, -0.1) is 0 Å². The molecule has 0 radical (unpaired) electrons. The average molecular weight is 2100 g/mol. The summed E-state index contributed by atoms with van der Waals surface area (Å²) in [4.78, 5) is 0. The molecule has 11 nitrogen and oxygen atoms in total. The van der Waals surface area contributed by atoms with Crippen molar-refractivity contribution in [2.75, 3.05) is 26.4 Å². The molecule has 59 heteroatoms. The van der Waals surface area contributed by atoms with Crippen LogP contribution in [-0.2, 0) is 34.5 Å². The second kappa shape index (κ2) is 38.8. The fourth-order valence-corrected chi connectivity index (χ4v) is 12.2. The van der Waals surface area contributed by atoms with E-state index in [2.05, 4.69) is 46.3 Å². The molecule has 1 aliphatic rings. The number of benzene rings is 8. The van der Waals surface area contributed by atoms with Crippen LogP contribution in [0.25, 0.3) is 34.4 Å². The van der Waals surface area contributed by atoms with E-state index in [0.29, 0.717) is 11.1 Å². The average Bonchev–Trinajstić information content (AvgIpc) is 0.725. The Morgan fingerprint density at radius 1 is 0.300 bits per heavy atom. The van der Waals surface area contributed by atoms with Crippen molar-refractivity contribution in [3.63, 3.8) is 0 Å². The second-order valence-corrected chi connectivity index (χ2v) is 29.5. The molecule has 1 aliphatic carbocycles. The van der Waals surface area contributed by atoms with E-state index in [1.165, 1.54) is 44.2 Å². The van der Waals surface area contributed by atoms with E-state index in [-0.39, 0.29) is 23.3 Å². The van der Waals surface area contributed by atoms with Crippen LogP contribution in [-0.4, -0.2) is 105 Å². The van der Waals surface area contributed by atoms with Crippen LogP contribution in [0.3, 0.4) is 0 Å². The second-order valence-electron chi connectivity index (χ2n) is 29.5. The number of alkyl halides is 24. The molecule has 0 N–H and O–H groups in total. The van der Waals surface area contributed by atoms with E-state index in [1.807, 2.05) is 4.74 Å². The zero-order chi connectivity index (χ0) is 106. The molecule has 768 valence electrons. The van der Waals surface area contributed by atoms with Gasteiger partial charge in [0, 0.05) is 17.3 Å². The highest BCUT2D eigenvalue weighted by molar-refractivity contribution is 5.71. The third kappa shape index (κ3) is 21.6. The van der Waals surface area contributed by atoms with E-state index in [1.54, 1.807) is 24.7 Å². The minimum atomic E-state index is -7.73. The van der Waals surface area contributed by atoms with Gasteiger partial charge in [0.1, 0.15) is 11.9 Å². The number of ether oxygens (including phenoxy) is 11. The highest BCUT2D eigenvalue weighted by Gasteiger charge is 2.76. The molecule has 0 heterocycles. The molecular weight excluding hydrogens is 2060 g/mol. The molecule has 1 unspecified atom stereocenters. The number of hydrogen-bond donors (Lipinski definition) is 0. The summed E-state index contributed by atoms with van der Waals surface area (Å²) in [6.45, 7) is -1.76. The van der Waals surface area contributed by atoms with Crippen LogP contribution in [0.2, 0.25) is 0 Å². The molecular formula is C81H42F48O11. The van der Waals surface area contributed by atoms with Gasteiger partial charge in [-0.2, -0.15) is 149 Å². The predicted molar refractivity (Wildman–Crippen MR) is 372 cm³/mol. The maximum Gasteiger partial charge on any atom is 0.453 e. The van der Waals surface area contributed by atoms with Crippen molar-refractivity contribution < 1.29 is 263 Å². The third-order valence-corrected chi connectivity index (χ3v) is 19.3. The summed E-state index contributed by atoms with van der Waals surface area (Å²) in [5, 5.41) is 0. The first-order valence-electron chi connectivity index (χ1n) is 36.7. The monoisotopic (exact) mass is 2100 g/mol. The molecule has 0 bridgehead atoms. The first-order chi connectivity index (χ1) is 63.7. The molecule has 0 fully saturated rings. The van der Waals surface area contributed by atoms with Crippen molar-refractivity contribution in [3.05, 3.63) is 253 Å². The Bertz CT molecular complexity index is 6040. The van der Waals surface area contributed by atoms with Crippen LogP contribution < -0.4 is 28.4 Å². The molecule has 0 saturated carbocycles. The van der Waals surface area contributed by atoms with Crippen molar-refractivity contribution in [1.29, 1.82) is 0 Å². The number of halogens is 48. The summed E-state index contributed by atoms with van der Waals surface area (Å²) in [6.07, 6.45) is -74.9. The molecule has 0 aromatic heterocycles. The minimum Gasteiger partial charge on any atom is -0.481 e. The van der Waals surface area contributed by atoms with Crippen LogP contribution >= 0.6 is 0 Å². The van der Waals surface area contributed by atoms with E-state index >= 15 is 70.2 Å². The Kier molecular flexibility index (Phi) is 30.9. The van der Waals surface area contributed by atoms with Crippen LogP contribution in [0, 0.1) is 140 Å².